The molecule has 8 nitrogen and oxygen atoms in total. The summed E-state index contributed by atoms with van der Waals surface area (Å²) in [6.45, 7) is 5.91. The number of anilines is 4. The smallest absolute Gasteiger partial charge is 0.282 e. The van der Waals surface area contributed by atoms with Crippen molar-refractivity contribution in [3.63, 3.8) is 0 Å². The predicted octanol–water partition coefficient (Wildman–Crippen LogP) is 5.17. The van der Waals surface area contributed by atoms with Crippen LogP contribution in [0.15, 0.2) is 89.7 Å². The number of rotatable bonds is 7. The van der Waals surface area contributed by atoms with E-state index in [2.05, 4.69) is 35.1 Å². The molecule has 0 unspecified atom stereocenters. The summed E-state index contributed by atoms with van der Waals surface area (Å²) in [5, 5.41) is 8.72. The molecule has 194 valence electrons. The van der Waals surface area contributed by atoms with Gasteiger partial charge in [0.2, 0.25) is 10.0 Å². The van der Waals surface area contributed by atoms with Crippen molar-refractivity contribution in [2.45, 2.75) is 33.6 Å². The second kappa shape index (κ2) is 12.2. The first-order valence-corrected chi connectivity index (χ1v) is 13.9. The summed E-state index contributed by atoms with van der Waals surface area (Å²) in [6.07, 6.45) is 4.59. The van der Waals surface area contributed by atoms with Crippen LogP contribution in [0.5, 0.6) is 0 Å². The molecule has 1 aliphatic rings. The van der Waals surface area contributed by atoms with Crippen molar-refractivity contribution in [1.29, 1.82) is 0 Å². The predicted molar refractivity (Wildman–Crippen MR) is 153 cm³/mol. The third kappa shape index (κ3) is 7.20. The molecule has 9 heteroatoms. The first-order chi connectivity index (χ1) is 17.6. The molecule has 0 atom stereocenters. The highest BCUT2D eigenvalue weighted by atomic mass is 32.2. The van der Waals surface area contributed by atoms with Crippen molar-refractivity contribution in [2.24, 2.45) is 5.10 Å². The summed E-state index contributed by atoms with van der Waals surface area (Å²) < 4.78 is 25.7. The maximum absolute atomic E-state index is 12.9. The van der Waals surface area contributed by atoms with E-state index in [1.807, 2.05) is 42.5 Å². The van der Waals surface area contributed by atoms with Crippen LogP contribution in [-0.2, 0) is 27.7 Å². The molecule has 1 aliphatic heterocycles. The standard InChI is InChI=1S/C20H22N4O3S.C8H11N/c1-4-15-9-5-6-10-17(15)21-13-16-14(2)22-24(20(16)25)19-12-8-7-11-18(19)23-28(3,26)27;1-2-7-5-3-4-6-8(7)9/h5-13,21,23H,4H2,1-3H3;3-6H,2,9H2,1H3/b16-13+;. The molecule has 0 radical (unpaired) electrons. The van der Waals surface area contributed by atoms with Crippen LogP contribution in [0.3, 0.4) is 0 Å². The molecule has 0 aromatic heterocycles. The Morgan fingerprint density at radius 2 is 1.46 bits per heavy atom. The van der Waals surface area contributed by atoms with Gasteiger partial charge in [-0.15, -0.1) is 0 Å². The minimum Gasteiger partial charge on any atom is -0.399 e. The van der Waals surface area contributed by atoms with E-state index >= 15 is 0 Å². The number of hydrogen-bond acceptors (Lipinski definition) is 6. The molecule has 0 bridgehead atoms. The number of nitrogens with two attached hydrogens (primary N) is 1. The number of benzene rings is 3. The zero-order chi connectivity index (χ0) is 27.0. The van der Waals surface area contributed by atoms with Gasteiger partial charge in [-0.25, -0.2) is 8.42 Å². The minimum atomic E-state index is -3.49. The van der Waals surface area contributed by atoms with E-state index < -0.39 is 10.0 Å². The Morgan fingerprint density at radius 1 is 0.892 bits per heavy atom. The van der Waals surface area contributed by atoms with Crippen LogP contribution in [0.25, 0.3) is 0 Å². The van der Waals surface area contributed by atoms with Crippen LogP contribution < -0.4 is 20.8 Å². The molecule has 1 amide bonds. The summed E-state index contributed by atoms with van der Waals surface area (Å²) in [6, 6.07) is 22.5. The molecule has 0 saturated carbocycles. The van der Waals surface area contributed by atoms with E-state index in [1.54, 1.807) is 37.4 Å². The molecular weight excluding hydrogens is 486 g/mol. The van der Waals surface area contributed by atoms with Crippen molar-refractivity contribution in [3.8, 4) is 0 Å². The number of hydrazone groups is 1. The Hall–Kier alpha value is -4.11. The Bertz CT molecular complexity index is 1430. The summed E-state index contributed by atoms with van der Waals surface area (Å²) >= 11 is 0. The summed E-state index contributed by atoms with van der Waals surface area (Å²) in [5.41, 5.74) is 11.5. The van der Waals surface area contributed by atoms with Crippen LogP contribution in [0.2, 0.25) is 0 Å². The van der Waals surface area contributed by atoms with Crippen molar-refractivity contribution >= 4 is 44.4 Å². The first kappa shape index (κ1) is 27.5. The molecule has 4 N–H and O–H groups in total. The van der Waals surface area contributed by atoms with Crippen molar-refractivity contribution < 1.29 is 13.2 Å². The summed E-state index contributed by atoms with van der Waals surface area (Å²) in [5.74, 6) is -0.332. The number of carbonyl (C=O) groups excluding carboxylic acids is 1. The van der Waals surface area contributed by atoms with Gasteiger partial charge < -0.3 is 11.1 Å². The Morgan fingerprint density at radius 3 is 2.05 bits per heavy atom. The zero-order valence-electron chi connectivity index (χ0n) is 21.5. The molecule has 0 aliphatic carbocycles. The van der Waals surface area contributed by atoms with E-state index in [0.29, 0.717) is 22.7 Å². The van der Waals surface area contributed by atoms with Crippen LogP contribution >= 0.6 is 0 Å². The molecule has 0 saturated heterocycles. The lowest BCUT2D eigenvalue weighted by Crippen LogP contribution is -2.23. The number of amides is 1. The fraction of sp³-hybridized carbons (Fsp3) is 0.214. The molecule has 0 fully saturated rings. The molecule has 4 rings (SSSR count). The Balaban J connectivity index is 0.000000356. The average molecular weight is 520 g/mol. The van der Waals surface area contributed by atoms with Crippen LogP contribution in [0, 0.1) is 0 Å². The quantitative estimate of drug-likeness (QED) is 0.294. The number of aryl methyl sites for hydroxylation is 2. The van der Waals surface area contributed by atoms with Gasteiger partial charge in [-0.3, -0.25) is 9.52 Å². The molecule has 1 heterocycles. The lowest BCUT2D eigenvalue weighted by Gasteiger charge is -2.16. The highest BCUT2D eigenvalue weighted by Crippen LogP contribution is 2.31. The van der Waals surface area contributed by atoms with Crippen LogP contribution in [0.1, 0.15) is 31.9 Å². The Labute approximate surface area is 218 Å². The zero-order valence-corrected chi connectivity index (χ0v) is 22.3. The van der Waals surface area contributed by atoms with Gasteiger partial charge in [0.25, 0.3) is 5.91 Å². The third-order valence-electron chi connectivity index (χ3n) is 5.70. The second-order valence-electron chi connectivity index (χ2n) is 8.46. The number of nitrogens with zero attached hydrogens (tertiary/aromatic N) is 2. The third-order valence-corrected chi connectivity index (χ3v) is 6.29. The Kier molecular flexibility index (Phi) is 9.08. The topological polar surface area (TPSA) is 117 Å². The number of nitrogens with one attached hydrogen (secondary N) is 2. The van der Waals surface area contributed by atoms with Gasteiger partial charge in [0.05, 0.1) is 28.9 Å². The molecule has 3 aromatic rings. The number of nitrogen functional groups attached to an aromatic ring is 1. The van der Waals surface area contributed by atoms with Crippen molar-refractivity contribution in [3.05, 3.63) is 95.7 Å². The van der Waals surface area contributed by atoms with E-state index in [1.165, 1.54) is 10.6 Å². The highest BCUT2D eigenvalue weighted by Gasteiger charge is 2.30. The van der Waals surface area contributed by atoms with E-state index in [-0.39, 0.29) is 5.91 Å². The number of para-hydroxylation sites is 4. The number of sulfonamides is 1. The van der Waals surface area contributed by atoms with Crippen molar-refractivity contribution in [1.82, 2.24) is 0 Å². The summed E-state index contributed by atoms with van der Waals surface area (Å²) in [4.78, 5) is 12.9. The van der Waals surface area contributed by atoms with E-state index in [9.17, 15) is 13.2 Å². The van der Waals surface area contributed by atoms with Crippen molar-refractivity contribution in [2.75, 3.05) is 27.0 Å². The van der Waals surface area contributed by atoms with Gasteiger partial charge in [-0.05, 0) is 55.2 Å². The highest BCUT2D eigenvalue weighted by molar-refractivity contribution is 7.92. The number of hydrogen-bond donors (Lipinski definition) is 3. The SMILES string of the molecule is CCc1ccccc1N.CCc1ccccc1N/C=C1/C(=O)N(c2ccccc2NS(C)(=O)=O)N=C1C. The lowest BCUT2D eigenvalue weighted by atomic mass is 10.1. The largest absolute Gasteiger partial charge is 0.399 e. The van der Waals surface area contributed by atoms with Gasteiger partial charge in [-0.2, -0.15) is 10.1 Å². The fourth-order valence-electron chi connectivity index (χ4n) is 3.77. The molecular formula is C28H33N5O3S. The number of carbonyl (C=O) groups is 1. The maximum Gasteiger partial charge on any atom is 0.282 e. The molecule has 3 aromatic carbocycles. The maximum atomic E-state index is 12.9. The molecule has 0 spiro atoms. The monoisotopic (exact) mass is 519 g/mol. The van der Waals surface area contributed by atoms with Gasteiger partial charge >= 0.3 is 0 Å². The van der Waals surface area contributed by atoms with Crippen LogP contribution in [-0.4, -0.2) is 26.3 Å². The molecule has 37 heavy (non-hydrogen) atoms. The van der Waals surface area contributed by atoms with E-state index in [4.69, 9.17) is 5.73 Å². The minimum absolute atomic E-state index is 0.292. The van der Waals surface area contributed by atoms with Crippen LogP contribution in [0.4, 0.5) is 22.7 Å². The van der Waals surface area contributed by atoms with E-state index in [0.717, 1.165) is 36.0 Å². The van der Waals surface area contributed by atoms with Gasteiger partial charge in [0.15, 0.2) is 0 Å². The normalized spacial score (nSPS) is 14.2. The first-order valence-electron chi connectivity index (χ1n) is 12.0. The second-order valence-corrected chi connectivity index (χ2v) is 10.2. The average Bonchev–Trinajstić information content (AvgIpc) is 3.15. The van der Waals surface area contributed by atoms with Gasteiger partial charge in [0.1, 0.15) is 0 Å². The lowest BCUT2D eigenvalue weighted by molar-refractivity contribution is -0.114. The fourth-order valence-corrected chi connectivity index (χ4v) is 4.34. The summed E-state index contributed by atoms with van der Waals surface area (Å²) in [7, 11) is -3.49. The van der Waals surface area contributed by atoms with Gasteiger partial charge in [0, 0.05) is 17.6 Å². The van der Waals surface area contributed by atoms with Gasteiger partial charge in [-0.1, -0.05) is 62.4 Å².